The second kappa shape index (κ2) is 15.6. The quantitative estimate of drug-likeness (QED) is 0.167. The maximum atomic E-state index is 5.60. The van der Waals surface area contributed by atoms with Gasteiger partial charge >= 0.3 is 0 Å². The molecule has 0 fully saturated rings. The highest BCUT2D eigenvalue weighted by Crippen LogP contribution is 2.44. The molecule has 0 unspecified atom stereocenters. The van der Waals surface area contributed by atoms with E-state index in [1.807, 2.05) is 12.1 Å². The van der Waals surface area contributed by atoms with Crippen LogP contribution in [-0.2, 0) is 0 Å². The van der Waals surface area contributed by atoms with Crippen LogP contribution in [0.5, 0.6) is 0 Å². The summed E-state index contributed by atoms with van der Waals surface area (Å²) in [4.78, 5) is 22.9. The lowest BCUT2D eigenvalue weighted by molar-refractivity contribution is 1.01. The van der Waals surface area contributed by atoms with Crippen molar-refractivity contribution in [3.8, 4) is 56.0 Å². The van der Waals surface area contributed by atoms with Crippen molar-refractivity contribution in [2.75, 3.05) is 0 Å². The number of rotatable bonds is 6. The number of thiophene rings is 1. The van der Waals surface area contributed by atoms with Crippen molar-refractivity contribution in [1.29, 1.82) is 0 Å². The molecule has 7 heteroatoms. The highest BCUT2D eigenvalue weighted by Gasteiger charge is 2.23. The lowest BCUT2D eigenvalue weighted by atomic mass is 9.97. The van der Waals surface area contributed by atoms with Gasteiger partial charge in [0, 0.05) is 53.0 Å². The van der Waals surface area contributed by atoms with E-state index < -0.39 is 0 Å². The average Bonchev–Trinajstić information content (AvgIpc) is 4.13. The molecule has 0 saturated heterocycles. The molecule has 0 saturated carbocycles. The van der Waals surface area contributed by atoms with Crippen molar-refractivity contribution in [2.45, 2.75) is 0 Å². The maximum Gasteiger partial charge on any atom is 0.235 e. The van der Waals surface area contributed by atoms with Crippen molar-refractivity contribution in [2.24, 2.45) is 0 Å². The fraction of sp³-hybridized carbons (Fsp3) is 0. The van der Waals surface area contributed by atoms with E-state index in [1.54, 1.807) is 11.3 Å². The Kier molecular flexibility index (Phi) is 8.73. The number of benzene rings is 10. The predicted molar refractivity (Wildman–Crippen MR) is 296 cm³/mol. The fourth-order valence-corrected chi connectivity index (χ4v) is 12.1. The van der Waals surface area contributed by atoms with Gasteiger partial charge in [0.25, 0.3) is 0 Å². The van der Waals surface area contributed by atoms with Gasteiger partial charge in [0.1, 0.15) is 0 Å². The Balaban J connectivity index is 0.967. The van der Waals surface area contributed by atoms with Gasteiger partial charge in [0.2, 0.25) is 11.9 Å². The van der Waals surface area contributed by atoms with E-state index in [9.17, 15) is 0 Å². The van der Waals surface area contributed by atoms with Gasteiger partial charge < -0.3 is 0 Å². The molecule has 330 valence electrons. The topological polar surface area (TPSA) is 61.4 Å². The zero-order valence-electron chi connectivity index (χ0n) is 38.0. The van der Waals surface area contributed by atoms with Gasteiger partial charge in [-0.15, -0.1) is 11.3 Å². The normalized spacial score (nSPS) is 11.9. The van der Waals surface area contributed by atoms with Gasteiger partial charge in [-0.2, -0.15) is 0 Å². The first-order valence-electron chi connectivity index (χ1n) is 23.9. The Morgan fingerprint density at radius 2 is 0.901 bits per heavy atom. The number of hydrogen-bond donors (Lipinski definition) is 0. The van der Waals surface area contributed by atoms with Crippen LogP contribution in [-0.4, -0.2) is 29.1 Å². The first-order chi connectivity index (χ1) is 35.2. The van der Waals surface area contributed by atoms with Crippen molar-refractivity contribution in [3.05, 3.63) is 231 Å². The number of fused-ring (bicyclic) bond motifs is 11. The summed E-state index contributed by atoms with van der Waals surface area (Å²) in [5.74, 6) is 1.27. The van der Waals surface area contributed by atoms with Gasteiger partial charge in [-0.1, -0.05) is 176 Å². The molecule has 0 amide bonds. The Morgan fingerprint density at radius 3 is 1.69 bits per heavy atom. The predicted octanol–water partition coefficient (Wildman–Crippen LogP) is 16.8. The second-order valence-corrected chi connectivity index (χ2v) is 19.2. The Morgan fingerprint density at radius 1 is 0.310 bits per heavy atom. The minimum Gasteiger partial charge on any atom is -0.278 e. The first-order valence-corrected chi connectivity index (χ1v) is 24.7. The van der Waals surface area contributed by atoms with Gasteiger partial charge in [-0.05, 0) is 87.4 Å². The first kappa shape index (κ1) is 39.7. The monoisotopic (exact) mass is 922 g/mol. The van der Waals surface area contributed by atoms with Crippen LogP contribution >= 0.6 is 11.3 Å². The molecule has 6 nitrogen and oxygen atoms in total. The molecule has 0 bridgehead atoms. The van der Waals surface area contributed by atoms with E-state index >= 15 is 0 Å². The summed E-state index contributed by atoms with van der Waals surface area (Å²) in [6.07, 6.45) is 0. The van der Waals surface area contributed by atoms with Crippen LogP contribution < -0.4 is 0 Å². The van der Waals surface area contributed by atoms with Crippen LogP contribution in [0.4, 0.5) is 0 Å². The summed E-state index contributed by atoms with van der Waals surface area (Å²) >= 11 is 1.80. The summed E-state index contributed by atoms with van der Waals surface area (Å²) in [6, 6.07) is 82.0. The Hall–Kier alpha value is -9.30. The molecule has 5 heterocycles. The number of hydrogen-bond acceptors (Lipinski definition) is 5. The van der Waals surface area contributed by atoms with Crippen LogP contribution in [0.2, 0.25) is 0 Å². The molecule has 15 aromatic rings. The van der Waals surface area contributed by atoms with Gasteiger partial charge in [-0.3, -0.25) is 9.13 Å². The van der Waals surface area contributed by atoms with E-state index in [0.29, 0.717) is 11.9 Å². The molecule has 0 aliphatic carbocycles. The Bertz CT molecular complexity index is 4630. The minimum atomic E-state index is 0.633. The van der Waals surface area contributed by atoms with Gasteiger partial charge in [0.15, 0.2) is 0 Å². The highest BCUT2D eigenvalue weighted by atomic mass is 32.1. The molecule has 15 rings (SSSR count). The zero-order chi connectivity index (χ0) is 46.6. The molecule has 0 radical (unpaired) electrons. The van der Waals surface area contributed by atoms with Crippen LogP contribution in [0.1, 0.15) is 0 Å². The van der Waals surface area contributed by atoms with Crippen LogP contribution in [0.25, 0.3) is 142 Å². The third kappa shape index (κ3) is 6.20. The van der Waals surface area contributed by atoms with E-state index in [2.05, 4.69) is 228 Å². The molecule has 5 aromatic heterocycles. The summed E-state index contributed by atoms with van der Waals surface area (Å²) in [6.45, 7) is 0. The summed E-state index contributed by atoms with van der Waals surface area (Å²) in [5.41, 5.74) is 13.4. The molecule has 0 atom stereocenters. The van der Waals surface area contributed by atoms with Crippen molar-refractivity contribution >= 4 is 97.6 Å². The highest BCUT2D eigenvalue weighted by molar-refractivity contribution is 7.23. The van der Waals surface area contributed by atoms with Crippen LogP contribution in [0, 0.1) is 0 Å². The van der Waals surface area contributed by atoms with Gasteiger partial charge in [-0.25, -0.2) is 19.9 Å². The standard InChI is InChI=1S/C64H38N6S/c1-4-17-39(18-5-1)57-38-45-31-33-52-59(62(45)71-57)61(41-21-8-3-9-22-41)68-64(66-52)70-54-34-32-44(36-49(54)50-35-42-23-10-11-24-43(42)37-56(50)70)46-27-16-30-55-58(46)48-26-13-15-29-53(48)69(55)63-65-51-28-14-12-25-47(51)60(67-63)40-19-6-2-7-20-40/h1-38H. The molecular formula is C64H38N6S. The van der Waals surface area contributed by atoms with E-state index in [0.717, 1.165) is 104 Å². The Labute approximate surface area is 411 Å². The van der Waals surface area contributed by atoms with Crippen molar-refractivity contribution < 1.29 is 0 Å². The fourth-order valence-electron chi connectivity index (χ4n) is 10.9. The average molecular weight is 923 g/mol. The minimum absolute atomic E-state index is 0.633. The number of nitrogens with zero attached hydrogens (tertiary/aromatic N) is 6. The third-order valence-electron chi connectivity index (χ3n) is 14.1. The zero-order valence-corrected chi connectivity index (χ0v) is 38.8. The summed E-state index contributed by atoms with van der Waals surface area (Å²) in [5, 5.41) is 10.2. The smallest absolute Gasteiger partial charge is 0.235 e. The molecule has 10 aromatic carbocycles. The SMILES string of the molecule is c1ccc(-c2cc3ccc4nc(-n5c6ccc(-c7cccc8c7c7ccccc7n8-c7nc(-c8ccccc8)c8ccccc8n7)cc6c6cc7ccccc7cc65)nc(-c5ccccc5)c4c3s2)cc1. The van der Waals surface area contributed by atoms with Gasteiger partial charge in [0.05, 0.1) is 44.5 Å². The maximum absolute atomic E-state index is 5.60. The lowest BCUT2D eigenvalue weighted by Gasteiger charge is -2.13. The lowest BCUT2D eigenvalue weighted by Crippen LogP contribution is -2.03. The van der Waals surface area contributed by atoms with Crippen molar-refractivity contribution in [3.63, 3.8) is 0 Å². The van der Waals surface area contributed by atoms with E-state index in [4.69, 9.17) is 19.9 Å². The third-order valence-corrected chi connectivity index (χ3v) is 15.3. The molecule has 71 heavy (non-hydrogen) atoms. The van der Waals surface area contributed by atoms with E-state index in [-0.39, 0.29) is 0 Å². The van der Waals surface area contributed by atoms with Crippen molar-refractivity contribution in [1.82, 2.24) is 29.1 Å². The molecule has 0 spiro atoms. The number of para-hydroxylation sites is 2. The van der Waals surface area contributed by atoms with E-state index in [1.165, 1.54) is 25.9 Å². The number of aromatic nitrogens is 6. The summed E-state index contributed by atoms with van der Waals surface area (Å²) in [7, 11) is 0. The largest absolute Gasteiger partial charge is 0.278 e. The molecule has 0 aliphatic rings. The summed E-state index contributed by atoms with van der Waals surface area (Å²) < 4.78 is 5.69. The van der Waals surface area contributed by atoms with Crippen LogP contribution in [0.15, 0.2) is 231 Å². The van der Waals surface area contributed by atoms with Crippen LogP contribution in [0.3, 0.4) is 0 Å². The second-order valence-electron chi connectivity index (χ2n) is 18.2. The molecule has 0 aliphatic heterocycles. The molecule has 0 N–H and O–H groups in total. The molecular weight excluding hydrogens is 885 g/mol.